The fraction of sp³-hybridized carbons (Fsp3) is 0.429. The summed E-state index contributed by atoms with van der Waals surface area (Å²) in [5.74, 6) is 2.39. The van der Waals surface area contributed by atoms with E-state index in [0.717, 1.165) is 36.5 Å². The molecule has 0 bridgehead atoms. The number of hydrogen-bond acceptors (Lipinski definition) is 4. The largest absolute Gasteiger partial charge is 0.497 e. The number of nitrogens with one attached hydrogen (secondary N) is 1. The lowest BCUT2D eigenvalue weighted by Gasteiger charge is -2.33. The fourth-order valence-corrected chi connectivity index (χ4v) is 6.57. The van der Waals surface area contributed by atoms with Crippen molar-refractivity contribution >= 4 is 40.7 Å². The van der Waals surface area contributed by atoms with E-state index in [9.17, 15) is 0 Å². The van der Waals surface area contributed by atoms with Crippen LogP contribution in [0, 0.1) is 0 Å². The smallest absolute Gasteiger partial charge is 0.121 e. The average molecular weight is 421 g/mol. The molecule has 0 spiro atoms. The minimum absolute atomic E-state index is 0.543. The molecule has 5 rings (SSSR count). The number of halogens is 2. The van der Waals surface area contributed by atoms with Crippen molar-refractivity contribution in [3.63, 3.8) is 0 Å². The lowest BCUT2D eigenvalue weighted by atomic mass is 9.88. The molecule has 3 heterocycles. The highest BCUT2D eigenvalue weighted by atomic mass is 35.5. The van der Waals surface area contributed by atoms with Crippen molar-refractivity contribution in [1.82, 2.24) is 5.32 Å². The van der Waals surface area contributed by atoms with Crippen molar-refractivity contribution in [3.8, 4) is 16.9 Å². The van der Waals surface area contributed by atoms with Crippen molar-refractivity contribution in [3.05, 3.63) is 39.9 Å². The number of nitrogens with zero attached hydrogens (tertiary/aromatic N) is 1. The van der Waals surface area contributed by atoms with Crippen molar-refractivity contribution < 1.29 is 4.74 Å². The molecule has 1 N–H and O–H groups in total. The maximum atomic E-state index is 6.61. The van der Waals surface area contributed by atoms with E-state index in [-0.39, 0.29) is 0 Å². The predicted octanol–water partition coefficient (Wildman–Crippen LogP) is 5.43. The van der Waals surface area contributed by atoms with Crippen LogP contribution in [0.1, 0.15) is 24.3 Å². The first kappa shape index (κ1) is 18.0. The van der Waals surface area contributed by atoms with Crippen LogP contribution < -0.4 is 15.0 Å². The van der Waals surface area contributed by atoms with Gasteiger partial charge in [-0.15, -0.1) is 11.8 Å². The summed E-state index contributed by atoms with van der Waals surface area (Å²) in [5, 5.41) is 4.87. The van der Waals surface area contributed by atoms with Gasteiger partial charge in [-0.3, -0.25) is 0 Å². The second kappa shape index (κ2) is 7.07. The number of rotatable bonds is 2. The van der Waals surface area contributed by atoms with Crippen molar-refractivity contribution in [1.29, 1.82) is 0 Å². The fourth-order valence-electron chi connectivity index (χ4n) is 4.81. The Labute approximate surface area is 174 Å². The van der Waals surface area contributed by atoms with E-state index >= 15 is 0 Å². The highest BCUT2D eigenvalue weighted by Crippen LogP contribution is 2.52. The van der Waals surface area contributed by atoms with E-state index in [4.69, 9.17) is 27.9 Å². The third-order valence-corrected chi connectivity index (χ3v) is 7.69. The van der Waals surface area contributed by atoms with Crippen LogP contribution in [0.2, 0.25) is 10.0 Å². The highest BCUT2D eigenvalue weighted by molar-refractivity contribution is 7.99. The van der Waals surface area contributed by atoms with E-state index in [0.29, 0.717) is 27.8 Å². The summed E-state index contributed by atoms with van der Waals surface area (Å²) in [7, 11) is 1.63. The molecule has 0 unspecified atom stereocenters. The Morgan fingerprint density at radius 1 is 1.19 bits per heavy atom. The molecular weight excluding hydrogens is 399 g/mol. The summed E-state index contributed by atoms with van der Waals surface area (Å²) in [6, 6.07) is 8.92. The summed E-state index contributed by atoms with van der Waals surface area (Å²) < 4.78 is 5.31. The van der Waals surface area contributed by atoms with Gasteiger partial charge in [0.15, 0.2) is 0 Å². The first-order chi connectivity index (χ1) is 13.2. The monoisotopic (exact) mass is 420 g/mol. The van der Waals surface area contributed by atoms with Gasteiger partial charge < -0.3 is 15.0 Å². The van der Waals surface area contributed by atoms with E-state index in [1.165, 1.54) is 29.0 Å². The van der Waals surface area contributed by atoms with Crippen LogP contribution in [0.4, 0.5) is 5.69 Å². The third kappa shape index (κ3) is 2.93. The molecule has 2 aromatic carbocycles. The second-order valence-electron chi connectivity index (χ2n) is 7.44. The number of hydrogen-bond donors (Lipinski definition) is 1. The van der Waals surface area contributed by atoms with Gasteiger partial charge in [-0.2, -0.15) is 0 Å². The molecule has 0 amide bonds. The molecule has 0 aliphatic carbocycles. The molecule has 142 valence electrons. The SMILES string of the molecule is COc1cc(Cl)c(-c2cc3c4c(c2)[C@@H]2CNCC[C@@H]2N4CCCS3)c(Cl)c1. The van der Waals surface area contributed by atoms with Crippen LogP contribution in [-0.2, 0) is 0 Å². The van der Waals surface area contributed by atoms with Gasteiger partial charge in [0.1, 0.15) is 5.75 Å². The van der Waals surface area contributed by atoms with Gasteiger partial charge in [-0.1, -0.05) is 23.2 Å². The quantitative estimate of drug-likeness (QED) is 0.699. The zero-order valence-corrected chi connectivity index (χ0v) is 17.6. The second-order valence-corrected chi connectivity index (χ2v) is 9.39. The molecular formula is C21H22Cl2N2OS. The number of thioether (sulfide) groups is 1. The standard InChI is InChI=1S/C21H22Cl2N2OS/c1-26-13-9-16(22)20(17(23)10-13)12-7-14-15-11-24-4-3-18(15)25-5-2-6-27-19(8-12)21(14)25/h7-10,15,18,24H,2-6,11H2,1H3/t15-,18-/m0/s1. The molecule has 1 saturated heterocycles. The minimum Gasteiger partial charge on any atom is -0.497 e. The van der Waals surface area contributed by atoms with Crippen molar-refractivity contribution in [2.45, 2.75) is 29.7 Å². The topological polar surface area (TPSA) is 24.5 Å². The van der Waals surface area contributed by atoms with Crippen molar-refractivity contribution in [2.75, 3.05) is 37.4 Å². The number of methoxy groups -OCH3 is 1. The normalized spacial score (nSPS) is 23.6. The van der Waals surface area contributed by atoms with E-state index in [2.05, 4.69) is 22.3 Å². The predicted molar refractivity (Wildman–Crippen MR) is 115 cm³/mol. The molecule has 0 aromatic heterocycles. The Morgan fingerprint density at radius 3 is 2.78 bits per heavy atom. The maximum absolute atomic E-state index is 6.61. The Morgan fingerprint density at radius 2 is 2.00 bits per heavy atom. The maximum Gasteiger partial charge on any atom is 0.121 e. The summed E-state index contributed by atoms with van der Waals surface area (Å²) in [6.45, 7) is 3.32. The van der Waals surface area contributed by atoms with Crippen LogP contribution in [0.3, 0.4) is 0 Å². The molecule has 2 aromatic rings. The summed E-state index contributed by atoms with van der Waals surface area (Å²) in [4.78, 5) is 4.05. The van der Waals surface area contributed by atoms with Crippen LogP contribution in [0.15, 0.2) is 29.2 Å². The van der Waals surface area contributed by atoms with Gasteiger partial charge >= 0.3 is 0 Å². The van der Waals surface area contributed by atoms with Crippen LogP contribution >= 0.6 is 35.0 Å². The van der Waals surface area contributed by atoms with E-state index in [1.54, 1.807) is 7.11 Å². The molecule has 0 radical (unpaired) electrons. The first-order valence-corrected chi connectivity index (χ1v) is 11.2. The minimum atomic E-state index is 0.543. The number of ether oxygens (including phenoxy) is 1. The van der Waals surface area contributed by atoms with Crippen LogP contribution in [-0.4, -0.2) is 38.5 Å². The van der Waals surface area contributed by atoms with Gasteiger partial charge in [0.2, 0.25) is 0 Å². The number of fused-ring (bicyclic) bond motifs is 3. The molecule has 0 saturated carbocycles. The van der Waals surface area contributed by atoms with E-state index in [1.807, 2.05) is 23.9 Å². The van der Waals surface area contributed by atoms with Gasteiger partial charge in [-0.25, -0.2) is 0 Å². The Balaban J connectivity index is 1.69. The van der Waals surface area contributed by atoms with E-state index < -0.39 is 0 Å². The lowest BCUT2D eigenvalue weighted by Crippen LogP contribution is -2.44. The highest BCUT2D eigenvalue weighted by Gasteiger charge is 2.42. The average Bonchev–Trinajstić information content (AvgIpc) is 2.83. The Hall–Kier alpha value is -1.07. The van der Waals surface area contributed by atoms with Gasteiger partial charge in [-0.05, 0) is 60.5 Å². The summed E-state index contributed by atoms with van der Waals surface area (Å²) in [6.07, 6.45) is 2.44. The summed E-state index contributed by atoms with van der Waals surface area (Å²) >= 11 is 15.2. The zero-order chi connectivity index (χ0) is 18.5. The molecule has 3 nitrogen and oxygen atoms in total. The van der Waals surface area contributed by atoms with Gasteiger partial charge in [0.25, 0.3) is 0 Å². The lowest BCUT2D eigenvalue weighted by molar-refractivity contribution is 0.403. The molecule has 27 heavy (non-hydrogen) atoms. The van der Waals surface area contributed by atoms with Crippen molar-refractivity contribution in [2.24, 2.45) is 0 Å². The number of piperidine rings is 1. The zero-order valence-electron chi connectivity index (χ0n) is 15.2. The molecule has 3 aliphatic rings. The number of benzene rings is 2. The summed E-state index contributed by atoms with van der Waals surface area (Å²) in [5.41, 5.74) is 4.93. The Kier molecular flexibility index (Phi) is 4.71. The molecule has 1 fully saturated rings. The van der Waals surface area contributed by atoms with Crippen LogP contribution in [0.25, 0.3) is 11.1 Å². The molecule has 3 aliphatic heterocycles. The molecule has 2 atom stereocenters. The Bertz CT molecular complexity index is 881. The van der Waals surface area contributed by atoms with Gasteiger partial charge in [0, 0.05) is 35.5 Å². The van der Waals surface area contributed by atoms with Crippen LogP contribution in [0.5, 0.6) is 5.75 Å². The molecule has 6 heteroatoms. The number of anilines is 1. The van der Waals surface area contributed by atoms with Gasteiger partial charge in [0.05, 0.1) is 22.8 Å². The first-order valence-electron chi connectivity index (χ1n) is 9.49. The third-order valence-electron chi connectivity index (χ3n) is 5.98.